The summed E-state index contributed by atoms with van der Waals surface area (Å²) in [4.78, 5) is 0. The van der Waals surface area contributed by atoms with Gasteiger partial charge in [0, 0.05) is 50.5 Å². The summed E-state index contributed by atoms with van der Waals surface area (Å²) in [6.07, 6.45) is 0. The predicted molar refractivity (Wildman–Crippen MR) is 131 cm³/mol. The Hall–Kier alpha value is -4.32. The Kier molecular flexibility index (Phi) is 4.14. The van der Waals surface area contributed by atoms with Gasteiger partial charge in [0.25, 0.3) is 0 Å². The van der Waals surface area contributed by atoms with Crippen molar-refractivity contribution >= 4 is 64.6 Å². The van der Waals surface area contributed by atoms with Crippen LogP contribution in [0.4, 0.5) is 26.3 Å². The summed E-state index contributed by atoms with van der Waals surface area (Å²) in [5, 5.41) is 3.37. The third kappa shape index (κ3) is 2.72. The summed E-state index contributed by atoms with van der Waals surface area (Å²) < 4.78 is 88.1. The Bertz CT molecular complexity index is 1840. The van der Waals surface area contributed by atoms with Crippen molar-refractivity contribution in [2.45, 2.75) is 0 Å². The zero-order valence-electron chi connectivity index (χ0n) is 18.2. The molecule has 36 heavy (non-hydrogen) atoms. The number of halogens is 6. The van der Waals surface area contributed by atoms with Crippen molar-refractivity contribution in [1.82, 2.24) is 0 Å². The minimum absolute atomic E-state index is 0.0854. The summed E-state index contributed by atoms with van der Waals surface area (Å²) in [5.74, 6) is -4.77. The van der Waals surface area contributed by atoms with Crippen LogP contribution in [0.3, 0.4) is 0 Å². The molecular weight excluding hydrogens is 474 g/mol. The number of fused-ring (bicyclic) bond motifs is 12. The normalized spacial score (nSPS) is 12.2. The molecule has 0 amide bonds. The van der Waals surface area contributed by atoms with E-state index in [1.54, 1.807) is 18.2 Å². The standard InChI is InChI=1S/C30H12F6/c31-16-7-13-1-4-19-28(25(13)22(34)10-16)20-5-2-15-9-18(33)12-24(36)27(15)30(20)21-6-3-14-8-17(32)11-23(35)26(14)29(19)21/h1-12H. The van der Waals surface area contributed by atoms with Gasteiger partial charge in [0.05, 0.1) is 0 Å². The molecule has 7 aromatic carbocycles. The van der Waals surface area contributed by atoms with Crippen LogP contribution in [0.15, 0.2) is 72.8 Å². The summed E-state index contributed by atoms with van der Waals surface area (Å²) in [5.41, 5.74) is 0. The van der Waals surface area contributed by atoms with Gasteiger partial charge in [-0.25, -0.2) is 26.3 Å². The van der Waals surface area contributed by atoms with Gasteiger partial charge < -0.3 is 0 Å². The molecule has 0 heterocycles. The third-order valence-electron chi connectivity index (χ3n) is 6.91. The van der Waals surface area contributed by atoms with Crippen LogP contribution in [0.25, 0.3) is 64.6 Å². The Morgan fingerprint density at radius 3 is 0.861 bits per heavy atom. The van der Waals surface area contributed by atoms with Crippen molar-refractivity contribution in [3.63, 3.8) is 0 Å². The van der Waals surface area contributed by atoms with Crippen LogP contribution in [-0.4, -0.2) is 0 Å². The fourth-order valence-electron chi connectivity index (χ4n) is 5.60. The first-order valence-electron chi connectivity index (χ1n) is 11.1. The maximum Gasteiger partial charge on any atom is 0.134 e. The molecule has 7 rings (SSSR count). The Morgan fingerprint density at radius 1 is 0.306 bits per heavy atom. The third-order valence-corrected chi connectivity index (χ3v) is 6.91. The molecule has 0 aromatic heterocycles. The van der Waals surface area contributed by atoms with E-state index in [0.717, 1.165) is 18.2 Å². The molecule has 0 atom stereocenters. The minimum atomic E-state index is -0.831. The fourth-order valence-corrected chi connectivity index (χ4v) is 5.60. The molecule has 6 heteroatoms. The van der Waals surface area contributed by atoms with Crippen molar-refractivity contribution in [2.75, 3.05) is 0 Å². The lowest BCUT2D eigenvalue weighted by atomic mass is 9.86. The van der Waals surface area contributed by atoms with Gasteiger partial charge in [-0.15, -0.1) is 0 Å². The van der Waals surface area contributed by atoms with Crippen LogP contribution >= 0.6 is 0 Å². The first-order chi connectivity index (χ1) is 17.3. The second-order valence-electron chi connectivity index (χ2n) is 8.92. The second-order valence-corrected chi connectivity index (χ2v) is 8.92. The van der Waals surface area contributed by atoms with E-state index in [9.17, 15) is 13.2 Å². The first kappa shape index (κ1) is 21.0. The van der Waals surface area contributed by atoms with Gasteiger partial charge >= 0.3 is 0 Å². The number of rotatable bonds is 0. The molecule has 0 spiro atoms. The van der Waals surface area contributed by atoms with Crippen molar-refractivity contribution < 1.29 is 26.3 Å². The summed E-state index contributed by atoms with van der Waals surface area (Å²) in [6.45, 7) is 0. The summed E-state index contributed by atoms with van der Waals surface area (Å²) >= 11 is 0. The highest BCUT2D eigenvalue weighted by Crippen LogP contribution is 2.45. The van der Waals surface area contributed by atoms with Gasteiger partial charge in [-0.1, -0.05) is 36.4 Å². The zero-order chi connectivity index (χ0) is 24.9. The van der Waals surface area contributed by atoms with Gasteiger partial charge in [-0.3, -0.25) is 0 Å². The van der Waals surface area contributed by atoms with E-state index in [1.165, 1.54) is 36.4 Å². The van der Waals surface area contributed by atoms with Crippen LogP contribution in [0.2, 0.25) is 0 Å². The highest BCUT2D eigenvalue weighted by atomic mass is 19.2. The van der Waals surface area contributed by atoms with E-state index in [2.05, 4.69) is 0 Å². The van der Waals surface area contributed by atoms with E-state index in [0.29, 0.717) is 32.3 Å². The average molecular weight is 486 g/mol. The smallest absolute Gasteiger partial charge is 0.134 e. The van der Waals surface area contributed by atoms with Crippen LogP contribution in [-0.2, 0) is 0 Å². The molecule has 7 aromatic rings. The molecule has 0 aliphatic rings. The van der Waals surface area contributed by atoms with Gasteiger partial charge in [0.1, 0.15) is 34.9 Å². The number of hydrogen-bond acceptors (Lipinski definition) is 0. The molecule has 0 unspecified atom stereocenters. The molecule has 0 bridgehead atoms. The molecule has 0 fully saturated rings. The first-order valence-corrected chi connectivity index (χ1v) is 11.1. The Balaban J connectivity index is 1.92. The molecular formula is C30H12F6. The van der Waals surface area contributed by atoms with Crippen molar-refractivity contribution in [3.8, 4) is 0 Å². The topological polar surface area (TPSA) is 0 Å². The van der Waals surface area contributed by atoms with Gasteiger partial charge in [-0.05, 0) is 50.5 Å². The molecule has 174 valence electrons. The average Bonchev–Trinajstić information content (AvgIpc) is 2.82. The molecule has 0 saturated carbocycles. The molecule has 0 N–H and O–H groups in total. The van der Waals surface area contributed by atoms with E-state index < -0.39 is 34.9 Å². The van der Waals surface area contributed by atoms with Gasteiger partial charge in [0.15, 0.2) is 0 Å². The maximum atomic E-state index is 15.3. The van der Waals surface area contributed by atoms with Crippen LogP contribution in [0.5, 0.6) is 0 Å². The zero-order valence-corrected chi connectivity index (χ0v) is 18.2. The largest absolute Gasteiger partial charge is 0.207 e. The monoisotopic (exact) mass is 486 g/mol. The lowest BCUT2D eigenvalue weighted by Gasteiger charge is -2.17. The highest BCUT2D eigenvalue weighted by Gasteiger charge is 2.21. The molecule has 0 saturated heterocycles. The van der Waals surface area contributed by atoms with E-state index in [-0.39, 0.29) is 32.3 Å². The SMILES string of the molecule is Fc1cc(F)c2c(ccc3c2c2ccc4cc(F)cc(F)c4c2c2ccc4cc(F)cc(F)c4c32)c1. The number of benzene rings is 7. The molecule has 0 nitrogen and oxygen atoms in total. The van der Waals surface area contributed by atoms with Crippen molar-refractivity contribution in [3.05, 3.63) is 108 Å². The number of hydrogen-bond donors (Lipinski definition) is 0. The van der Waals surface area contributed by atoms with Crippen LogP contribution < -0.4 is 0 Å². The van der Waals surface area contributed by atoms with Crippen LogP contribution in [0.1, 0.15) is 0 Å². The lowest BCUT2D eigenvalue weighted by Crippen LogP contribution is -1.94. The van der Waals surface area contributed by atoms with Crippen molar-refractivity contribution in [2.24, 2.45) is 0 Å². The molecule has 0 aliphatic carbocycles. The minimum Gasteiger partial charge on any atom is -0.207 e. The van der Waals surface area contributed by atoms with E-state index >= 15 is 13.2 Å². The predicted octanol–water partition coefficient (Wildman–Crippen LogP) is 9.44. The van der Waals surface area contributed by atoms with Gasteiger partial charge in [-0.2, -0.15) is 0 Å². The van der Waals surface area contributed by atoms with E-state index in [1.807, 2.05) is 0 Å². The van der Waals surface area contributed by atoms with E-state index in [4.69, 9.17) is 0 Å². The molecule has 0 radical (unpaired) electrons. The second kappa shape index (κ2) is 7.10. The Labute approximate surface area is 199 Å². The summed E-state index contributed by atoms with van der Waals surface area (Å²) in [7, 11) is 0. The van der Waals surface area contributed by atoms with Gasteiger partial charge in [0.2, 0.25) is 0 Å². The quantitative estimate of drug-likeness (QED) is 0.148. The maximum absolute atomic E-state index is 15.3. The fraction of sp³-hybridized carbons (Fsp3) is 0. The van der Waals surface area contributed by atoms with Crippen molar-refractivity contribution in [1.29, 1.82) is 0 Å². The highest BCUT2D eigenvalue weighted by molar-refractivity contribution is 6.39. The summed E-state index contributed by atoms with van der Waals surface area (Å²) in [6, 6.07) is 15.3. The Morgan fingerprint density at radius 2 is 0.583 bits per heavy atom. The molecule has 0 aliphatic heterocycles. The lowest BCUT2D eigenvalue weighted by molar-refractivity contribution is 0.592. The van der Waals surface area contributed by atoms with Crippen LogP contribution in [0, 0.1) is 34.9 Å².